The zero-order valence-electron chi connectivity index (χ0n) is 10.6. The lowest BCUT2D eigenvalue weighted by molar-refractivity contribution is -0.526. The molecule has 1 heterocycles. The highest BCUT2D eigenvalue weighted by Gasteiger charge is 2.29. The van der Waals surface area contributed by atoms with Gasteiger partial charge in [0.1, 0.15) is 0 Å². The molecule has 1 fully saturated rings. The first-order valence-corrected chi connectivity index (χ1v) is 6.16. The molecule has 1 aliphatic heterocycles. The minimum absolute atomic E-state index is 0.0335. The molecule has 1 unspecified atom stereocenters. The molecule has 0 saturated carbocycles. The van der Waals surface area contributed by atoms with Gasteiger partial charge in [0.25, 0.3) is 5.69 Å². The maximum atomic E-state index is 11.1. The van der Waals surface area contributed by atoms with Gasteiger partial charge in [0.05, 0.1) is 24.6 Å². The SMILES string of the molecule is O=[N+]([O-])c1ccc(CC(CC2OCCO2)[N+](=O)[O-])cc1. The molecule has 0 aliphatic carbocycles. The lowest BCUT2D eigenvalue weighted by Crippen LogP contribution is -2.28. The second kappa shape index (κ2) is 6.40. The fraction of sp³-hybridized carbons (Fsp3) is 0.500. The van der Waals surface area contributed by atoms with E-state index in [-0.39, 0.29) is 23.5 Å². The molecule has 0 bridgehead atoms. The summed E-state index contributed by atoms with van der Waals surface area (Å²) < 4.78 is 10.4. The van der Waals surface area contributed by atoms with E-state index in [1.807, 2.05) is 0 Å². The maximum Gasteiger partial charge on any atom is 0.269 e. The Hall–Kier alpha value is -2.06. The van der Waals surface area contributed by atoms with Gasteiger partial charge >= 0.3 is 0 Å². The van der Waals surface area contributed by atoms with Gasteiger partial charge < -0.3 is 9.47 Å². The van der Waals surface area contributed by atoms with Crippen molar-refractivity contribution in [2.45, 2.75) is 25.2 Å². The van der Waals surface area contributed by atoms with Crippen LogP contribution in [0.3, 0.4) is 0 Å². The van der Waals surface area contributed by atoms with Gasteiger partial charge in [-0.2, -0.15) is 0 Å². The van der Waals surface area contributed by atoms with E-state index in [9.17, 15) is 20.2 Å². The molecule has 0 N–H and O–H groups in total. The lowest BCUT2D eigenvalue weighted by Gasteiger charge is -2.13. The molecule has 0 spiro atoms. The zero-order valence-corrected chi connectivity index (χ0v) is 10.6. The number of hydrogen-bond donors (Lipinski definition) is 0. The molecule has 2 rings (SSSR count). The van der Waals surface area contributed by atoms with Gasteiger partial charge in [0, 0.05) is 23.5 Å². The fourth-order valence-corrected chi connectivity index (χ4v) is 2.04. The highest BCUT2D eigenvalue weighted by Crippen LogP contribution is 2.18. The molecule has 108 valence electrons. The van der Waals surface area contributed by atoms with Crippen molar-refractivity contribution in [2.75, 3.05) is 13.2 Å². The van der Waals surface area contributed by atoms with E-state index in [1.54, 1.807) is 0 Å². The van der Waals surface area contributed by atoms with Crippen molar-refractivity contribution >= 4 is 5.69 Å². The molecule has 1 aromatic carbocycles. The standard InChI is InChI=1S/C12H14N2O6/c15-13(16)10-3-1-9(2-4-10)7-11(14(17)18)8-12-19-5-6-20-12/h1-4,11-12H,5-8H2. The van der Waals surface area contributed by atoms with E-state index in [0.29, 0.717) is 18.8 Å². The average molecular weight is 282 g/mol. The fourth-order valence-electron chi connectivity index (χ4n) is 2.04. The summed E-state index contributed by atoms with van der Waals surface area (Å²) >= 11 is 0. The minimum Gasteiger partial charge on any atom is -0.350 e. The van der Waals surface area contributed by atoms with E-state index in [1.165, 1.54) is 24.3 Å². The first-order chi connectivity index (χ1) is 9.56. The first kappa shape index (κ1) is 14.4. The van der Waals surface area contributed by atoms with Crippen molar-refractivity contribution in [1.29, 1.82) is 0 Å². The largest absolute Gasteiger partial charge is 0.350 e. The van der Waals surface area contributed by atoms with E-state index < -0.39 is 17.3 Å². The number of benzene rings is 1. The number of nitro groups is 2. The molecule has 1 aromatic rings. The number of hydrogen-bond acceptors (Lipinski definition) is 6. The minimum atomic E-state index is -0.834. The molecule has 20 heavy (non-hydrogen) atoms. The molecule has 0 amide bonds. The second-order valence-electron chi connectivity index (χ2n) is 4.47. The van der Waals surface area contributed by atoms with Crippen molar-refractivity contribution in [2.24, 2.45) is 0 Å². The van der Waals surface area contributed by atoms with Crippen molar-refractivity contribution in [3.8, 4) is 0 Å². The summed E-state index contributed by atoms with van der Waals surface area (Å²) in [6.45, 7) is 0.902. The van der Waals surface area contributed by atoms with E-state index in [0.717, 1.165) is 0 Å². The van der Waals surface area contributed by atoms with Gasteiger partial charge in [-0.05, 0) is 5.56 Å². The topological polar surface area (TPSA) is 105 Å². The van der Waals surface area contributed by atoms with Crippen LogP contribution in [-0.4, -0.2) is 35.4 Å². The Balaban J connectivity index is 1.99. The molecule has 0 radical (unpaired) electrons. The number of nitro benzene ring substituents is 1. The van der Waals surface area contributed by atoms with Crippen LogP contribution in [0.2, 0.25) is 0 Å². The average Bonchev–Trinajstić information content (AvgIpc) is 2.91. The molecule has 1 atom stereocenters. The Morgan fingerprint density at radius 3 is 2.25 bits per heavy atom. The number of nitrogens with zero attached hydrogens (tertiary/aromatic N) is 2. The summed E-state index contributed by atoms with van der Waals surface area (Å²) in [5.74, 6) is 0. The van der Waals surface area contributed by atoms with E-state index >= 15 is 0 Å². The van der Waals surface area contributed by atoms with Crippen molar-refractivity contribution in [3.05, 3.63) is 50.1 Å². The van der Waals surface area contributed by atoms with Crippen LogP contribution in [0.5, 0.6) is 0 Å². The van der Waals surface area contributed by atoms with Crippen LogP contribution in [0.25, 0.3) is 0 Å². The Morgan fingerprint density at radius 2 is 1.75 bits per heavy atom. The zero-order chi connectivity index (χ0) is 14.5. The first-order valence-electron chi connectivity index (χ1n) is 6.16. The Kier molecular flexibility index (Phi) is 4.59. The molecule has 8 heteroatoms. The third-order valence-electron chi connectivity index (χ3n) is 3.07. The van der Waals surface area contributed by atoms with Crippen LogP contribution in [0.15, 0.2) is 24.3 Å². The van der Waals surface area contributed by atoms with Crippen LogP contribution in [0.1, 0.15) is 12.0 Å². The van der Waals surface area contributed by atoms with Crippen LogP contribution >= 0.6 is 0 Å². The molecule has 0 aromatic heterocycles. The quantitative estimate of drug-likeness (QED) is 0.579. The molecule has 1 aliphatic rings. The van der Waals surface area contributed by atoms with Crippen molar-refractivity contribution in [1.82, 2.24) is 0 Å². The van der Waals surface area contributed by atoms with Gasteiger partial charge in [-0.15, -0.1) is 0 Å². The number of ether oxygens (including phenoxy) is 2. The third-order valence-corrected chi connectivity index (χ3v) is 3.07. The van der Waals surface area contributed by atoms with E-state index in [2.05, 4.69) is 0 Å². The Morgan fingerprint density at radius 1 is 1.15 bits per heavy atom. The second-order valence-corrected chi connectivity index (χ2v) is 4.47. The predicted molar refractivity (Wildman–Crippen MR) is 67.9 cm³/mol. The van der Waals surface area contributed by atoms with E-state index in [4.69, 9.17) is 9.47 Å². The predicted octanol–water partition coefficient (Wildman–Crippen LogP) is 1.55. The summed E-state index contributed by atoms with van der Waals surface area (Å²) in [6.07, 6.45) is -0.179. The van der Waals surface area contributed by atoms with Gasteiger partial charge in [-0.1, -0.05) is 12.1 Å². The highest BCUT2D eigenvalue weighted by molar-refractivity contribution is 5.33. The van der Waals surface area contributed by atoms with Crippen LogP contribution in [0, 0.1) is 20.2 Å². The van der Waals surface area contributed by atoms with Crippen LogP contribution < -0.4 is 0 Å². The molecule has 1 saturated heterocycles. The summed E-state index contributed by atoms with van der Waals surface area (Å²) in [7, 11) is 0. The van der Waals surface area contributed by atoms with Crippen molar-refractivity contribution in [3.63, 3.8) is 0 Å². The van der Waals surface area contributed by atoms with Gasteiger partial charge in [0.15, 0.2) is 6.29 Å². The monoisotopic (exact) mass is 282 g/mol. The normalized spacial score (nSPS) is 17.0. The molecular weight excluding hydrogens is 268 g/mol. The summed E-state index contributed by atoms with van der Waals surface area (Å²) in [4.78, 5) is 20.7. The Labute approximate surface area is 114 Å². The number of non-ortho nitro benzene ring substituents is 1. The van der Waals surface area contributed by atoms with Crippen LogP contribution in [0.4, 0.5) is 5.69 Å². The maximum absolute atomic E-state index is 11.1. The molecule has 8 nitrogen and oxygen atoms in total. The van der Waals surface area contributed by atoms with Gasteiger partial charge in [-0.25, -0.2) is 0 Å². The molecular formula is C12H14N2O6. The van der Waals surface area contributed by atoms with Crippen LogP contribution in [-0.2, 0) is 15.9 Å². The van der Waals surface area contributed by atoms with Crippen molar-refractivity contribution < 1.29 is 19.3 Å². The Bertz CT molecular complexity index is 483. The number of rotatable bonds is 6. The van der Waals surface area contributed by atoms with Gasteiger partial charge in [0.2, 0.25) is 6.04 Å². The highest BCUT2D eigenvalue weighted by atomic mass is 16.7. The van der Waals surface area contributed by atoms with Gasteiger partial charge in [-0.3, -0.25) is 20.2 Å². The summed E-state index contributed by atoms with van der Waals surface area (Å²) in [5.41, 5.74) is 0.643. The lowest BCUT2D eigenvalue weighted by atomic mass is 10.0. The summed E-state index contributed by atoms with van der Waals surface area (Å²) in [6, 6.07) is 4.92. The summed E-state index contributed by atoms with van der Waals surface area (Å²) in [5, 5.41) is 21.6. The third kappa shape index (κ3) is 3.72. The smallest absolute Gasteiger partial charge is 0.269 e.